The van der Waals surface area contributed by atoms with Gasteiger partial charge in [0.05, 0.1) is 19.8 Å². The molecule has 1 saturated heterocycles. The summed E-state index contributed by atoms with van der Waals surface area (Å²) >= 11 is 0. The number of hydrogen-bond acceptors (Lipinski definition) is 4. The van der Waals surface area contributed by atoms with Crippen molar-refractivity contribution in [3.05, 3.63) is 17.9 Å². The van der Waals surface area contributed by atoms with Crippen molar-refractivity contribution >= 4 is 11.8 Å². The van der Waals surface area contributed by atoms with Crippen LogP contribution in [0.5, 0.6) is 0 Å². The zero-order valence-corrected chi connectivity index (χ0v) is 9.40. The average Bonchev–Trinajstić information content (AvgIpc) is 2.63. The highest BCUT2D eigenvalue weighted by molar-refractivity contribution is 5.97. The van der Waals surface area contributed by atoms with E-state index >= 15 is 0 Å². The van der Waals surface area contributed by atoms with E-state index in [1.165, 1.54) is 4.90 Å². The normalized spacial score (nSPS) is 17.9. The molecule has 0 bridgehead atoms. The molecule has 1 aliphatic heterocycles. The van der Waals surface area contributed by atoms with E-state index < -0.39 is 5.41 Å². The molecule has 16 heavy (non-hydrogen) atoms. The van der Waals surface area contributed by atoms with Crippen LogP contribution in [0.4, 0.5) is 5.88 Å². The lowest BCUT2D eigenvalue weighted by molar-refractivity contribution is -0.167. The molecule has 1 aromatic heterocycles. The molecule has 5 heteroatoms. The Balaban J connectivity index is 2.15. The molecule has 1 N–H and O–H groups in total. The predicted octanol–water partition coefficient (Wildman–Crippen LogP) is 0.560. The second-order valence-electron chi connectivity index (χ2n) is 4.18. The Bertz CT molecular complexity index is 389. The molecule has 0 unspecified atom stereocenters. The molecule has 2 rings (SSSR count). The number of furan rings is 1. The van der Waals surface area contributed by atoms with E-state index in [-0.39, 0.29) is 25.7 Å². The number of aliphatic hydroxyl groups excluding tert-OH is 1. The smallest absolute Gasteiger partial charge is 0.242 e. The van der Waals surface area contributed by atoms with Crippen molar-refractivity contribution in [1.29, 1.82) is 0 Å². The van der Waals surface area contributed by atoms with E-state index in [0.717, 1.165) is 5.76 Å². The highest BCUT2D eigenvalue weighted by atomic mass is 16.5. The third-order valence-electron chi connectivity index (χ3n) is 2.87. The van der Waals surface area contributed by atoms with E-state index in [9.17, 15) is 9.90 Å². The van der Waals surface area contributed by atoms with Crippen LogP contribution >= 0.6 is 0 Å². The second-order valence-corrected chi connectivity index (χ2v) is 4.18. The fourth-order valence-corrected chi connectivity index (χ4v) is 1.69. The van der Waals surface area contributed by atoms with E-state index in [1.54, 1.807) is 19.2 Å². The number of amides is 1. The Hall–Kier alpha value is -1.33. The Kier molecular flexibility index (Phi) is 2.73. The van der Waals surface area contributed by atoms with E-state index in [4.69, 9.17) is 9.15 Å². The van der Waals surface area contributed by atoms with Crippen molar-refractivity contribution in [3.8, 4) is 0 Å². The maximum absolute atomic E-state index is 12.1. The first kappa shape index (κ1) is 11.2. The molecule has 1 fully saturated rings. The van der Waals surface area contributed by atoms with Gasteiger partial charge in [-0.15, -0.1) is 0 Å². The van der Waals surface area contributed by atoms with E-state index in [0.29, 0.717) is 5.88 Å². The number of rotatable bonds is 3. The third kappa shape index (κ3) is 1.62. The number of carbonyl (C=O) groups is 1. The van der Waals surface area contributed by atoms with Gasteiger partial charge in [-0.1, -0.05) is 0 Å². The molecule has 0 radical (unpaired) electrons. The largest absolute Gasteiger partial charge is 0.445 e. The van der Waals surface area contributed by atoms with Crippen molar-refractivity contribution in [2.24, 2.45) is 5.41 Å². The Labute approximate surface area is 93.6 Å². The highest BCUT2D eigenvalue weighted by Crippen LogP contribution is 2.31. The number of carbonyl (C=O) groups excluding carboxylic acids is 1. The van der Waals surface area contributed by atoms with Crippen molar-refractivity contribution in [1.82, 2.24) is 0 Å². The molecular weight excluding hydrogens is 210 g/mol. The van der Waals surface area contributed by atoms with Crippen LogP contribution in [0.3, 0.4) is 0 Å². The monoisotopic (exact) mass is 225 g/mol. The molecule has 0 aromatic carbocycles. The summed E-state index contributed by atoms with van der Waals surface area (Å²) in [6.45, 7) is 2.16. The quantitative estimate of drug-likeness (QED) is 0.816. The molecule has 1 aliphatic rings. The number of hydrogen-bond donors (Lipinski definition) is 1. The lowest BCUT2D eigenvalue weighted by Crippen LogP contribution is -2.56. The lowest BCUT2D eigenvalue weighted by atomic mass is 9.85. The highest BCUT2D eigenvalue weighted by Gasteiger charge is 2.47. The minimum Gasteiger partial charge on any atom is -0.445 e. The molecule has 1 amide bonds. The summed E-state index contributed by atoms with van der Waals surface area (Å²) in [5.41, 5.74) is -0.782. The Morgan fingerprint density at radius 1 is 1.56 bits per heavy atom. The summed E-state index contributed by atoms with van der Waals surface area (Å²) < 4.78 is 10.4. The van der Waals surface area contributed by atoms with Crippen LogP contribution in [-0.2, 0) is 9.53 Å². The number of aryl methyl sites for hydroxylation is 1. The summed E-state index contributed by atoms with van der Waals surface area (Å²) in [6.07, 6.45) is 0. The third-order valence-corrected chi connectivity index (χ3v) is 2.87. The first-order valence-electron chi connectivity index (χ1n) is 5.12. The van der Waals surface area contributed by atoms with Gasteiger partial charge in [-0.2, -0.15) is 0 Å². The van der Waals surface area contributed by atoms with Gasteiger partial charge in [0.1, 0.15) is 11.2 Å². The van der Waals surface area contributed by atoms with Gasteiger partial charge >= 0.3 is 0 Å². The number of ether oxygens (including phenoxy) is 1. The van der Waals surface area contributed by atoms with Crippen molar-refractivity contribution in [2.75, 3.05) is 31.8 Å². The molecule has 0 saturated carbocycles. The van der Waals surface area contributed by atoms with Gasteiger partial charge in [0.25, 0.3) is 0 Å². The van der Waals surface area contributed by atoms with Gasteiger partial charge in [0.2, 0.25) is 11.8 Å². The Morgan fingerprint density at radius 3 is 2.62 bits per heavy atom. The van der Waals surface area contributed by atoms with Gasteiger partial charge in [-0.25, -0.2) is 0 Å². The van der Waals surface area contributed by atoms with Gasteiger partial charge in [0, 0.05) is 13.1 Å². The van der Waals surface area contributed by atoms with Gasteiger partial charge in [-0.3, -0.25) is 9.69 Å². The topological polar surface area (TPSA) is 62.9 Å². The molecule has 0 atom stereocenters. The molecular formula is C11H15NO4. The van der Waals surface area contributed by atoms with Crippen LogP contribution in [0.1, 0.15) is 5.76 Å². The number of anilines is 1. The first-order chi connectivity index (χ1) is 7.59. The summed E-state index contributed by atoms with van der Waals surface area (Å²) in [5, 5.41) is 9.25. The number of aliphatic hydroxyl groups is 1. The van der Waals surface area contributed by atoms with Crippen LogP contribution in [0, 0.1) is 12.3 Å². The minimum atomic E-state index is -0.782. The molecule has 1 aromatic rings. The molecule has 88 valence electrons. The molecule has 2 heterocycles. The minimum absolute atomic E-state index is 0.171. The van der Waals surface area contributed by atoms with Crippen LogP contribution in [-0.4, -0.2) is 37.9 Å². The zero-order valence-electron chi connectivity index (χ0n) is 9.40. The fraction of sp³-hybridized carbons (Fsp3) is 0.545. The van der Waals surface area contributed by atoms with Crippen molar-refractivity contribution < 1.29 is 19.1 Å². The first-order valence-corrected chi connectivity index (χ1v) is 5.12. The zero-order chi connectivity index (χ0) is 11.8. The standard InChI is InChI=1S/C11H15NO4/c1-8-3-4-9(16-8)12(2)10(14)11(5-13)6-15-7-11/h3-4,13H,5-7H2,1-2H3. The van der Waals surface area contributed by atoms with Crippen molar-refractivity contribution in [3.63, 3.8) is 0 Å². The maximum atomic E-state index is 12.1. The summed E-state index contributed by atoms with van der Waals surface area (Å²) in [6, 6.07) is 3.53. The van der Waals surface area contributed by atoms with Gasteiger partial charge in [0.15, 0.2) is 0 Å². The molecule has 0 aliphatic carbocycles. The van der Waals surface area contributed by atoms with Gasteiger partial charge in [-0.05, 0) is 13.0 Å². The van der Waals surface area contributed by atoms with E-state index in [2.05, 4.69) is 0 Å². The number of nitrogens with zero attached hydrogens (tertiary/aromatic N) is 1. The van der Waals surface area contributed by atoms with Crippen LogP contribution < -0.4 is 4.90 Å². The summed E-state index contributed by atoms with van der Waals surface area (Å²) in [7, 11) is 1.64. The molecule has 5 nitrogen and oxygen atoms in total. The maximum Gasteiger partial charge on any atom is 0.242 e. The van der Waals surface area contributed by atoms with E-state index in [1.807, 2.05) is 6.92 Å². The second kappa shape index (κ2) is 3.92. The van der Waals surface area contributed by atoms with Crippen LogP contribution in [0.2, 0.25) is 0 Å². The van der Waals surface area contributed by atoms with Gasteiger partial charge < -0.3 is 14.3 Å². The Morgan fingerprint density at radius 2 is 2.25 bits per heavy atom. The van der Waals surface area contributed by atoms with Crippen LogP contribution in [0.25, 0.3) is 0 Å². The van der Waals surface area contributed by atoms with Crippen molar-refractivity contribution in [2.45, 2.75) is 6.92 Å². The van der Waals surface area contributed by atoms with Crippen LogP contribution in [0.15, 0.2) is 16.5 Å². The lowest BCUT2D eigenvalue weighted by Gasteiger charge is -2.40. The SMILES string of the molecule is Cc1ccc(N(C)C(=O)C2(CO)COC2)o1. The molecule has 0 spiro atoms. The average molecular weight is 225 g/mol. The predicted molar refractivity (Wildman–Crippen MR) is 57.2 cm³/mol. The fourth-order valence-electron chi connectivity index (χ4n) is 1.69. The summed E-state index contributed by atoms with van der Waals surface area (Å²) in [5.74, 6) is 1.07. The summed E-state index contributed by atoms with van der Waals surface area (Å²) in [4.78, 5) is 13.5.